The first-order valence-electron chi connectivity index (χ1n) is 2.20. The van der Waals surface area contributed by atoms with Gasteiger partial charge in [0.2, 0.25) is 0 Å². The molecule has 0 spiro atoms. The van der Waals surface area contributed by atoms with E-state index in [1.165, 1.54) is 5.71 Å². The summed E-state index contributed by atoms with van der Waals surface area (Å²) >= 11 is 0. The van der Waals surface area contributed by atoms with Gasteiger partial charge in [0.15, 0.2) is 0 Å². The maximum atomic E-state index is 4.10. The summed E-state index contributed by atoms with van der Waals surface area (Å²) in [4.78, 5) is 4.10. The average molecular weight is 83.1 g/mol. The maximum Gasteiger partial charge on any atom is 0.0924 e. The molecule has 1 aliphatic heterocycles. The van der Waals surface area contributed by atoms with Crippen LogP contribution >= 0.6 is 0 Å². The van der Waals surface area contributed by atoms with Crippen LogP contribution in [0, 0.1) is 0 Å². The van der Waals surface area contributed by atoms with Crippen molar-refractivity contribution in [1.29, 1.82) is 0 Å². The third-order valence-corrected chi connectivity index (χ3v) is 1.28. The van der Waals surface area contributed by atoms with Crippen molar-refractivity contribution in [3.63, 3.8) is 0 Å². The van der Waals surface area contributed by atoms with Crippen LogP contribution in [0.1, 0.15) is 20.8 Å². The van der Waals surface area contributed by atoms with Crippen LogP contribution in [0.5, 0.6) is 0 Å². The molecule has 0 atom stereocenters. The molecule has 0 bridgehead atoms. The highest BCUT2D eigenvalue weighted by molar-refractivity contribution is 6.02. The third-order valence-electron chi connectivity index (χ3n) is 1.28. The molecule has 0 unspecified atom stereocenters. The van der Waals surface area contributed by atoms with E-state index in [1.54, 1.807) is 0 Å². The van der Waals surface area contributed by atoms with Gasteiger partial charge < -0.3 is 0 Å². The highest BCUT2D eigenvalue weighted by Crippen LogP contribution is 2.24. The van der Waals surface area contributed by atoms with Crippen LogP contribution in [0.25, 0.3) is 0 Å². The zero-order valence-corrected chi connectivity index (χ0v) is 4.45. The molecular weight excluding hydrogens is 74.1 g/mol. The van der Waals surface area contributed by atoms with Crippen LogP contribution in [0.3, 0.4) is 0 Å². The lowest BCUT2D eigenvalue weighted by molar-refractivity contribution is 0.824. The minimum atomic E-state index is 0.250. The van der Waals surface area contributed by atoms with E-state index in [0.717, 1.165) is 0 Å². The van der Waals surface area contributed by atoms with Crippen molar-refractivity contribution in [3.8, 4) is 0 Å². The summed E-state index contributed by atoms with van der Waals surface area (Å²) in [6.45, 7) is 6.28. The van der Waals surface area contributed by atoms with Gasteiger partial charge in [-0.2, -0.15) is 0 Å². The molecule has 0 aromatic rings. The molecule has 0 aromatic heterocycles. The maximum absolute atomic E-state index is 4.10. The van der Waals surface area contributed by atoms with Gasteiger partial charge in [-0.15, -0.1) is 0 Å². The lowest BCUT2D eigenvalue weighted by Gasteiger charge is -1.89. The topological polar surface area (TPSA) is 12.4 Å². The second kappa shape index (κ2) is 0.673. The molecule has 6 heavy (non-hydrogen) atoms. The van der Waals surface area contributed by atoms with Crippen molar-refractivity contribution >= 4 is 5.71 Å². The van der Waals surface area contributed by atoms with E-state index in [1.807, 2.05) is 0 Å². The van der Waals surface area contributed by atoms with Gasteiger partial charge in [-0.1, -0.05) is 0 Å². The number of hydrogen-bond acceptors (Lipinski definition) is 1. The summed E-state index contributed by atoms with van der Waals surface area (Å²) in [5.74, 6) is 0. The Morgan fingerprint density at radius 1 is 1.50 bits per heavy atom. The van der Waals surface area contributed by atoms with Crippen molar-refractivity contribution in [2.75, 3.05) is 0 Å². The summed E-state index contributed by atoms with van der Waals surface area (Å²) < 4.78 is 0. The summed E-state index contributed by atoms with van der Waals surface area (Å²) in [6.07, 6.45) is 0. The molecule has 1 nitrogen and oxygen atoms in total. The fourth-order valence-electron chi connectivity index (χ4n) is 0.391. The zero-order chi connectivity index (χ0) is 4.78. The quantitative estimate of drug-likeness (QED) is 0.418. The van der Waals surface area contributed by atoms with Gasteiger partial charge in [0.05, 0.1) is 5.54 Å². The predicted octanol–water partition coefficient (Wildman–Crippen LogP) is 1.24. The average Bonchev–Trinajstić information content (AvgIpc) is 1.73. The molecule has 0 saturated carbocycles. The van der Waals surface area contributed by atoms with E-state index < -0.39 is 0 Å². The van der Waals surface area contributed by atoms with Gasteiger partial charge in [0.1, 0.15) is 0 Å². The molecule has 0 saturated heterocycles. The van der Waals surface area contributed by atoms with E-state index in [2.05, 4.69) is 25.8 Å². The number of aliphatic imine (C=N–C) groups is 1. The molecule has 0 amide bonds. The van der Waals surface area contributed by atoms with Gasteiger partial charge in [0, 0.05) is 5.71 Å². The largest absolute Gasteiger partial charge is 0.280 e. The van der Waals surface area contributed by atoms with Gasteiger partial charge in [0.25, 0.3) is 0 Å². The Hall–Kier alpha value is -0.330. The Morgan fingerprint density at radius 3 is 1.67 bits per heavy atom. The highest BCUT2D eigenvalue weighted by atomic mass is 15.0. The van der Waals surface area contributed by atoms with Crippen molar-refractivity contribution < 1.29 is 0 Å². The van der Waals surface area contributed by atoms with E-state index in [0.29, 0.717) is 0 Å². The summed E-state index contributed by atoms with van der Waals surface area (Å²) in [5, 5.41) is 0. The fraction of sp³-hybridized carbons (Fsp3) is 0.800. The van der Waals surface area contributed by atoms with Gasteiger partial charge in [-0.25, -0.2) is 0 Å². The van der Waals surface area contributed by atoms with Crippen LogP contribution in [-0.4, -0.2) is 11.3 Å². The van der Waals surface area contributed by atoms with Crippen LogP contribution in [0.2, 0.25) is 0 Å². The van der Waals surface area contributed by atoms with Crippen LogP contribution in [0.15, 0.2) is 4.99 Å². The molecule has 0 aliphatic carbocycles. The molecule has 0 radical (unpaired) electrons. The number of nitrogens with zero attached hydrogens (tertiary/aromatic N) is 1. The summed E-state index contributed by atoms with van der Waals surface area (Å²) in [7, 11) is 0. The monoisotopic (exact) mass is 83.1 g/mol. The lowest BCUT2D eigenvalue weighted by atomic mass is 10.1. The van der Waals surface area contributed by atoms with E-state index in [9.17, 15) is 0 Å². The Kier molecular flexibility index (Phi) is 0.431. The highest BCUT2D eigenvalue weighted by Gasteiger charge is 2.31. The molecule has 0 fully saturated rings. The number of rotatable bonds is 0. The minimum Gasteiger partial charge on any atom is -0.280 e. The fourth-order valence-corrected chi connectivity index (χ4v) is 0.391. The molecule has 1 aliphatic rings. The molecule has 34 valence electrons. The number of hydrogen-bond donors (Lipinski definition) is 0. The normalized spacial score (nSPS) is 26.2. The second-order valence-corrected chi connectivity index (χ2v) is 2.26. The predicted molar refractivity (Wildman–Crippen MR) is 27.2 cm³/mol. The third kappa shape index (κ3) is 0.348. The molecule has 1 heteroatoms. The van der Waals surface area contributed by atoms with E-state index >= 15 is 0 Å². The molecule has 1 rings (SSSR count). The first kappa shape index (κ1) is 3.85. The first-order chi connectivity index (χ1) is 2.63. The van der Waals surface area contributed by atoms with Crippen LogP contribution in [-0.2, 0) is 0 Å². The second-order valence-electron chi connectivity index (χ2n) is 2.26. The smallest absolute Gasteiger partial charge is 0.0924 e. The van der Waals surface area contributed by atoms with Crippen molar-refractivity contribution in [2.45, 2.75) is 26.3 Å². The van der Waals surface area contributed by atoms with E-state index in [4.69, 9.17) is 0 Å². The SMILES string of the molecule is CC1=NC1(C)C. The molecule has 0 N–H and O–H groups in total. The Balaban J connectivity index is 2.53. The van der Waals surface area contributed by atoms with Crippen LogP contribution in [0.4, 0.5) is 0 Å². The van der Waals surface area contributed by atoms with Crippen molar-refractivity contribution in [2.24, 2.45) is 4.99 Å². The lowest BCUT2D eigenvalue weighted by Crippen LogP contribution is -2.02. The van der Waals surface area contributed by atoms with Gasteiger partial charge >= 0.3 is 0 Å². The Morgan fingerprint density at radius 2 is 1.67 bits per heavy atom. The van der Waals surface area contributed by atoms with Gasteiger partial charge in [-0.05, 0) is 20.8 Å². The molecular formula is C5H9N. The Labute approximate surface area is 38.1 Å². The standard InChI is InChI=1S/C5H9N/c1-4-5(2,3)6-4/h1-3H3. The zero-order valence-electron chi connectivity index (χ0n) is 4.45. The first-order valence-corrected chi connectivity index (χ1v) is 2.20. The minimum absolute atomic E-state index is 0.250. The van der Waals surface area contributed by atoms with Crippen LogP contribution < -0.4 is 0 Å². The van der Waals surface area contributed by atoms with Crippen molar-refractivity contribution in [1.82, 2.24) is 0 Å². The molecule has 0 aromatic carbocycles. The summed E-state index contributed by atoms with van der Waals surface area (Å²) in [6, 6.07) is 0. The Bertz CT molecular complexity index is 101. The summed E-state index contributed by atoms with van der Waals surface area (Å²) in [5.41, 5.74) is 1.53. The van der Waals surface area contributed by atoms with Gasteiger partial charge in [-0.3, -0.25) is 4.99 Å². The van der Waals surface area contributed by atoms with Crippen molar-refractivity contribution in [3.05, 3.63) is 0 Å². The van der Waals surface area contributed by atoms with E-state index in [-0.39, 0.29) is 5.54 Å². The molecule has 1 heterocycles.